The van der Waals surface area contributed by atoms with Crippen molar-refractivity contribution in [3.63, 3.8) is 0 Å². The Labute approximate surface area is 231 Å². The molecule has 0 aliphatic rings. The number of anilines is 1. The van der Waals surface area contributed by atoms with Crippen LogP contribution in [0.1, 0.15) is 24.5 Å². The molecular formula is C29H30N2O7S. The Hall–Kier alpha value is -4.18. The number of methoxy groups -OCH3 is 1. The summed E-state index contributed by atoms with van der Waals surface area (Å²) in [6, 6.07) is 22.6. The molecule has 0 heterocycles. The van der Waals surface area contributed by atoms with Gasteiger partial charge in [0.25, 0.3) is 5.69 Å². The van der Waals surface area contributed by atoms with Crippen molar-refractivity contribution in [1.29, 1.82) is 0 Å². The summed E-state index contributed by atoms with van der Waals surface area (Å²) in [5.74, 6) is -0.514. The fraction of sp³-hybridized carbons (Fsp3) is 0.276. The van der Waals surface area contributed by atoms with Gasteiger partial charge in [-0.25, -0.2) is 0 Å². The van der Waals surface area contributed by atoms with Crippen LogP contribution in [0, 0.1) is 16.0 Å². The van der Waals surface area contributed by atoms with E-state index < -0.39 is 16.8 Å². The molecule has 0 saturated carbocycles. The average Bonchev–Trinajstić information content (AvgIpc) is 2.95. The van der Waals surface area contributed by atoms with Crippen LogP contribution in [0.15, 0.2) is 78.9 Å². The first-order valence-electron chi connectivity index (χ1n) is 12.3. The van der Waals surface area contributed by atoms with Gasteiger partial charge in [0.05, 0.1) is 12.0 Å². The van der Waals surface area contributed by atoms with Crippen molar-refractivity contribution < 1.29 is 28.8 Å². The van der Waals surface area contributed by atoms with Crippen LogP contribution in [0.3, 0.4) is 0 Å². The summed E-state index contributed by atoms with van der Waals surface area (Å²) < 4.78 is 10.6. The Kier molecular flexibility index (Phi) is 11.1. The molecule has 0 spiro atoms. The van der Waals surface area contributed by atoms with Crippen LogP contribution in [0.5, 0.6) is 5.75 Å². The molecule has 39 heavy (non-hydrogen) atoms. The number of carbonyl (C=O) groups excluding carboxylic acids is 3. The molecule has 9 nitrogen and oxygen atoms in total. The maximum atomic E-state index is 13.7. The number of thioether (sulfide) groups is 1. The van der Waals surface area contributed by atoms with Crippen LogP contribution in [0.25, 0.3) is 0 Å². The van der Waals surface area contributed by atoms with Crippen LogP contribution in [0.2, 0.25) is 0 Å². The van der Waals surface area contributed by atoms with Gasteiger partial charge < -0.3 is 14.4 Å². The monoisotopic (exact) mass is 550 g/mol. The SMILES string of the molecule is COC(=O)CN(C(=O)[C@@H](CCc1ccccc1)CSC(C)=O)c1ccc(OCc2ccc([N+](=O)[O-])cc2)cc1. The van der Waals surface area contributed by atoms with E-state index >= 15 is 0 Å². The molecule has 3 aromatic carbocycles. The Morgan fingerprint density at radius 1 is 0.949 bits per heavy atom. The molecular weight excluding hydrogens is 520 g/mol. The molecule has 3 rings (SSSR count). The summed E-state index contributed by atoms with van der Waals surface area (Å²) in [6.07, 6.45) is 1.16. The van der Waals surface area contributed by atoms with Crippen LogP contribution in [-0.2, 0) is 32.1 Å². The lowest BCUT2D eigenvalue weighted by Crippen LogP contribution is -2.41. The van der Waals surface area contributed by atoms with Crippen molar-refractivity contribution in [3.05, 3.63) is 100 Å². The van der Waals surface area contributed by atoms with Crippen molar-refractivity contribution >= 4 is 40.1 Å². The highest BCUT2D eigenvalue weighted by atomic mass is 32.2. The van der Waals surface area contributed by atoms with Gasteiger partial charge in [0.15, 0.2) is 5.12 Å². The van der Waals surface area contributed by atoms with Gasteiger partial charge in [-0.3, -0.25) is 24.5 Å². The summed E-state index contributed by atoms with van der Waals surface area (Å²) in [5.41, 5.74) is 2.33. The molecule has 0 aliphatic heterocycles. The number of esters is 1. The van der Waals surface area contributed by atoms with E-state index in [-0.39, 0.29) is 29.9 Å². The molecule has 0 aliphatic carbocycles. The second-order valence-corrected chi connectivity index (χ2v) is 9.93. The lowest BCUT2D eigenvalue weighted by Gasteiger charge is -2.27. The van der Waals surface area contributed by atoms with E-state index in [1.54, 1.807) is 36.4 Å². The Morgan fingerprint density at radius 2 is 1.62 bits per heavy atom. The second kappa shape index (κ2) is 14.7. The minimum Gasteiger partial charge on any atom is -0.489 e. The van der Waals surface area contributed by atoms with Gasteiger partial charge in [-0.15, -0.1) is 0 Å². The number of benzene rings is 3. The maximum Gasteiger partial charge on any atom is 0.325 e. The minimum atomic E-state index is -0.567. The number of nitro benzene ring substituents is 1. The minimum absolute atomic E-state index is 0.00208. The number of nitrogens with zero attached hydrogens (tertiary/aromatic N) is 2. The van der Waals surface area contributed by atoms with Crippen molar-refractivity contribution in [2.45, 2.75) is 26.4 Å². The van der Waals surface area contributed by atoms with Crippen LogP contribution < -0.4 is 9.64 Å². The van der Waals surface area contributed by atoms with Crippen LogP contribution >= 0.6 is 11.8 Å². The van der Waals surface area contributed by atoms with Gasteiger partial charge in [-0.1, -0.05) is 42.1 Å². The van der Waals surface area contributed by atoms with Crippen molar-refractivity contribution in [3.8, 4) is 5.75 Å². The molecule has 0 N–H and O–H groups in total. The van der Waals surface area contributed by atoms with E-state index in [0.717, 1.165) is 22.9 Å². The zero-order valence-electron chi connectivity index (χ0n) is 21.8. The first kappa shape index (κ1) is 29.4. The number of ether oxygens (including phenoxy) is 2. The number of carbonyl (C=O) groups is 3. The quantitative estimate of drug-likeness (QED) is 0.162. The Bertz CT molecular complexity index is 1270. The summed E-state index contributed by atoms with van der Waals surface area (Å²) in [6.45, 7) is 1.39. The van der Waals surface area contributed by atoms with Crippen LogP contribution in [0.4, 0.5) is 11.4 Å². The number of non-ortho nitro benzene ring substituents is 1. The molecule has 1 atom stereocenters. The zero-order chi connectivity index (χ0) is 28.2. The van der Waals surface area contributed by atoms with Crippen molar-refractivity contribution in [2.75, 3.05) is 24.3 Å². The largest absolute Gasteiger partial charge is 0.489 e. The number of amides is 1. The fourth-order valence-corrected chi connectivity index (χ4v) is 4.54. The highest BCUT2D eigenvalue weighted by molar-refractivity contribution is 8.13. The third-order valence-corrected chi connectivity index (χ3v) is 6.92. The molecule has 10 heteroatoms. The number of hydrogen-bond donors (Lipinski definition) is 0. The van der Waals surface area contributed by atoms with Gasteiger partial charge in [0.1, 0.15) is 18.9 Å². The third kappa shape index (κ3) is 9.26. The summed E-state index contributed by atoms with van der Waals surface area (Å²) in [7, 11) is 1.26. The van der Waals surface area contributed by atoms with E-state index in [2.05, 4.69) is 0 Å². The number of rotatable bonds is 13. The number of nitro groups is 1. The Morgan fingerprint density at radius 3 is 2.21 bits per heavy atom. The van der Waals surface area contributed by atoms with Gasteiger partial charge in [0, 0.05) is 36.4 Å². The second-order valence-electron chi connectivity index (χ2n) is 8.73. The van der Waals surface area contributed by atoms with E-state index in [1.165, 1.54) is 31.1 Å². The zero-order valence-corrected chi connectivity index (χ0v) is 22.6. The third-order valence-electron chi connectivity index (χ3n) is 5.94. The highest BCUT2D eigenvalue weighted by Gasteiger charge is 2.28. The predicted octanol–water partition coefficient (Wildman–Crippen LogP) is 5.21. The normalized spacial score (nSPS) is 11.3. The van der Waals surface area contributed by atoms with E-state index in [4.69, 9.17) is 9.47 Å². The topological polar surface area (TPSA) is 116 Å². The smallest absolute Gasteiger partial charge is 0.325 e. The molecule has 0 aromatic heterocycles. The van der Waals surface area contributed by atoms with E-state index in [9.17, 15) is 24.5 Å². The average molecular weight is 551 g/mol. The van der Waals surface area contributed by atoms with Crippen LogP contribution in [-0.4, -0.2) is 41.3 Å². The maximum absolute atomic E-state index is 13.7. The standard InChI is InChI=1S/C29H30N2O7S/c1-21(32)39-20-24(11-8-22-6-4-3-5-7-22)29(34)30(18-28(33)37-2)25-14-16-27(17-15-25)38-19-23-9-12-26(13-10-23)31(35)36/h3-7,9-10,12-17,24H,8,11,18-20H2,1-2H3/t24-/m0/s1. The number of hydrogen-bond acceptors (Lipinski definition) is 8. The summed E-state index contributed by atoms with van der Waals surface area (Å²) in [5, 5.41) is 10.7. The summed E-state index contributed by atoms with van der Waals surface area (Å²) >= 11 is 1.09. The molecule has 1 amide bonds. The fourth-order valence-electron chi connectivity index (χ4n) is 3.79. The van der Waals surface area contributed by atoms with E-state index in [0.29, 0.717) is 30.0 Å². The molecule has 0 unspecified atom stereocenters. The first-order valence-corrected chi connectivity index (χ1v) is 13.3. The van der Waals surface area contributed by atoms with Gasteiger partial charge in [-0.2, -0.15) is 0 Å². The molecule has 0 bridgehead atoms. The molecule has 0 fully saturated rings. The summed E-state index contributed by atoms with van der Waals surface area (Å²) in [4.78, 5) is 49.3. The van der Waals surface area contributed by atoms with Crippen molar-refractivity contribution in [2.24, 2.45) is 5.92 Å². The van der Waals surface area contributed by atoms with Gasteiger partial charge >= 0.3 is 5.97 Å². The highest BCUT2D eigenvalue weighted by Crippen LogP contribution is 2.25. The first-order chi connectivity index (χ1) is 18.8. The van der Waals surface area contributed by atoms with Crippen molar-refractivity contribution in [1.82, 2.24) is 0 Å². The lowest BCUT2D eigenvalue weighted by atomic mass is 9.99. The predicted molar refractivity (Wildman–Crippen MR) is 150 cm³/mol. The molecule has 0 radical (unpaired) electrons. The van der Waals surface area contributed by atoms with Gasteiger partial charge in [-0.05, 0) is 60.4 Å². The molecule has 3 aromatic rings. The van der Waals surface area contributed by atoms with E-state index in [1.807, 2.05) is 30.3 Å². The van der Waals surface area contributed by atoms with Gasteiger partial charge in [0.2, 0.25) is 5.91 Å². The molecule has 204 valence electrons. The molecule has 0 saturated heterocycles. The lowest BCUT2D eigenvalue weighted by molar-refractivity contribution is -0.384. The number of aryl methyl sites for hydroxylation is 1. The Balaban J connectivity index is 1.74.